The fraction of sp³-hybridized carbons (Fsp3) is 0.391. The molecule has 1 unspecified atom stereocenters. The summed E-state index contributed by atoms with van der Waals surface area (Å²) >= 11 is 6.19. The third-order valence-electron chi connectivity index (χ3n) is 5.31. The number of rotatable bonds is 10. The summed E-state index contributed by atoms with van der Waals surface area (Å²) in [6.45, 7) is 3.11. The molecule has 2 amide bonds. The van der Waals surface area contributed by atoms with Gasteiger partial charge in [-0.25, -0.2) is 8.42 Å². The second-order valence-electron chi connectivity index (χ2n) is 7.57. The molecule has 0 fully saturated rings. The number of benzene rings is 2. The third-order valence-corrected chi connectivity index (χ3v) is 6.84. The molecule has 0 heterocycles. The smallest absolute Gasteiger partial charge is 0.244 e. The molecule has 10 heteroatoms. The van der Waals surface area contributed by atoms with Crippen LogP contribution in [-0.4, -0.2) is 58.1 Å². The number of nitrogens with one attached hydrogen (secondary N) is 1. The van der Waals surface area contributed by atoms with Crippen molar-refractivity contribution in [1.29, 1.82) is 0 Å². The molecule has 0 radical (unpaired) electrons. The van der Waals surface area contributed by atoms with E-state index in [9.17, 15) is 18.0 Å². The number of methoxy groups -OCH3 is 1. The van der Waals surface area contributed by atoms with E-state index in [2.05, 4.69) is 5.32 Å². The lowest BCUT2D eigenvalue weighted by Gasteiger charge is -2.33. The van der Waals surface area contributed by atoms with E-state index < -0.39 is 28.5 Å². The molecule has 8 nitrogen and oxygen atoms in total. The van der Waals surface area contributed by atoms with Crippen molar-refractivity contribution in [3.05, 3.63) is 58.6 Å². The Morgan fingerprint density at radius 2 is 1.85 bits per heavy atom. The number of sulfonamides is 1. The predicted octanol–water partition coefficient (Wildman–Crippen LogP) is 2.98. The van der Waals surface area contributed by atoms with Gasteiger partial charge in [0.05, 0.1) is 19.1 Å². The van der Waals surface area contributed by atoms with Crippen LogP contribution in [0.25, 0.3) is 0 Å². The molecule has 0 bridgehead atoms. The molecular formula is C23H30ClN3O5S. The van der Waals surface area contributed by atoms with Crippen LogP contribution < -0.4 is 14.4 Å². The molecule has 0 aliphatic carbocycles. The monoisotopic (exact) mass is 495 g/mol. The number of carbonyl (C=O) groups is 2. The maximum atomic E-state index is 13.5. The Morgan fingerprint density at radius 3 is 2.42 bits per heavy atom. The molecule has 33 heavy (non-hydrogen) atoms. The summed E-state index contributed by atoms with van der Waals surface area (Å²) in [5, 5.41) is 2.97. The number of hydrogen-bond acceptors (Lipinski definition) is 5. The molecule has 1 N–H and O–H groups in total. The first-order chi connectivity index (χ1) is 15.5. The molecule has 0 saturated heterocycles. The van der Waals surface area contributed by atoms with Crippen LogP contribution in [-0.2, 0) is 26.2 Å². The maximum absolute atomic E-state index is 13.5. The van der Waals surface area contributed by atoms with E-state index in [1.807, 2.05) is 6.07 Å². The number of amides is 2. The molecule has 0 spiro atoms. The number of hydrogen-bond donors (Lipinski definition) is 1. The van der Waals surface area contributed by atoms with Gasteiger partial charge in [0.1, 0.15) is 18.3 Å². The van der Waals surface area contributed by atoms with Crippen molar-refractivity contribution in [3.63, 3.8) is 0 Å². The highest BCUT2D eigenvalue weighted by Gasteiger charge is 2.31. The van der Waals surface area contributed by atoms with E-state index in [1.165, 1.54) is 11.9 Å². The summed E-state index contributed by atoms with van der Waals surface area (Å²) in [5.74, 6) is -0.239. The molecular weight excluding hydrogens is 466 g/mol. The Kier molecular flexibility index (Phi) is 9.13. The van der Waals surface area contributed by atoms with E-state index >= 15 is 0 Å². The lowest BCUT2D eigenvalue weighted by molar-refractivity contribution is -0.140. The SMILES string of the molecule is CCC(C(=O)NC)N(Cc1cccc(OC)c1)C(=O)CN(c1cccc(Cl)c1C)S(C)(=O)=O. The van der Waals surface area contributed by atoms with Crippen LogP contribution in [0.4, 0.5) is 5.69 Å². The molecule has 0 saturated carbocycles. The van der Waals surface area contributed by atoms with Gasteiger partial charge in [-0.05, 0) is 48.7 Å². The van der Waals surface area contributed by atoms with Gasteiger partial charge in [0.15, 0.2) is 0 Å². The highest BCUT2D eigenvalue weighted by molar-refractivity contribution is 7.92. The van der Waals surface area contributed by atoms with Gasteiger partial charge < -0.3 is 15.0 Å². The fourth-order valence-electron chi connectivity index (χ4n) is 3.51. The van der Waals surface area contributed by atoms with Gasteiger partial charge in [0.2, 0.25) is 21.8 Å². The first-order valence-corrected chi connectivity index (χ1v) is 12.6. The number of likely N-dealkylation sites (N-methyl/N-ethyl adjacent to an activating group) is 1. The van der Waals surface area contributed by atoms with E-state index in [-0.39, 0.29) is 12.5 Å². The van der Waals surface area contributed by atoms with E-state index in [0.29, 0.717) is 28.4 Å². The average Bonchev–Trinajstić information content (AvgIpc) is 2.78. The summed E-state index contributed by atoms with van der Waals surface area (Å²) in [6, 6.07) is 11.2. The van der Waals surface area contributed by atoms with Crippen molar-refractivity contribution in [1.82, 2.24) is 10.2 Å². The largest absolute Gasteiger partial charge is 0.497 e. The zero-order valence-corrected chi connectivity index (χ0v) is 21.0. The van der Waals surface area contributed by atoms with E-state index in [4.69, 9.17) is 16.3 Å². The number of anilines is 1. The molecule has 0 aromatic heterocycles. The van der Waals surface area contributed by atoms with Gasteiger partial charge in [0, 0.05) is 18.6 Å². The first kappa shape index (κ1) is 26.5. The highest BCUT2D eigenvalue weighted by atomic mass is 35.5. The minimum absolute atomic E-state index is 0.105. The van der Waals surface area contributed by atoms with Crippen LogP contribution in [0.1, 0.15) is 24.5 Å². The second kappa shape index (κ2) is 11.4. The van der Waals surface area contributed by atoms with Crippen LogP contribution in [0.3, 0.4) is 0 Å². The average molecular weight is 496 g/mol. The number of nitrogens with zero attached hydrogens (tertiary/aromatic N) is 2. The highest BCUT2D eigenvalue weighted by Crippen LogP contribution is 2.28. The van der Waals surface area contributed by atoms with Crippen LogP contribution in [0.2, 0.25) is 5.02 Å². The van der Waals surface area contributed by atoms with Crippen LogP contribution >= 0.6 is 11.6 Å². The van der Waals surface area contributed by atoms with Crippen molar-refractivity contribution >= 4 is 39.1 Å². The lowest BCUT2D eigenvalue weighted by atomic mass is 10.1. The van der Waals surface area contributed by atoms with Crippen LogP contribution in [0, 0.1) is 6.92 Å². The summed E-state index contributed by atoms with van der Waals surface area (Å²) in [4.78, 5) is 27.5. The third kappa shape index (κ3) is 6.61. The molecule has 2 aromatic carbocycles. The van der Waals surface area contributed by atoms with E-state index in [1.54, 1.807) is 57.4 Å². The molecule has 1 atom stereocenters. The Morgan fingerprint density at radius 1 is 1.18 bits per heavy atom. The molecule has 0 aliphatic rings. The summed E-state index contributed by atoms with van der Waals surface area (Å²) < 4.78 is 31.6. The lowest BCUT2D eigenvalue weighted by Crippen LogP contribution is -2.51. The molecule has 2 aromatic rings. The van der Waals surface area contributed by atoms with Gasteiger partial charge in [-0.15, -0.1) is 0 Å². The minimum atomic E-state index is -3.82. The summed E-state index contributed by atoms with van der Waals surface area (Å²) in [7, 11) is -0.783. The Labute approximate surface area is 200 Å². The second-order valence-corrected chi connectivity index (χ2v) is 9.88. The molecule has 0 aliphatic heterocycles. The van der Waals surface area contributed by atoms with Gasteiger partial charge in [0.25, 0.3) is 0 Å². The molecule has 180 valence electrons. The number of ether oxygens (including phenoxy) is 1. The van der Waals surface area contributed by atoms with Crippen LogP contribution in [0.15, 0.2) is 42.5 Å². The van der Waals surface area contributed by atoms with Crippen LogP contribution in [0.5, 0.6) is 5.75 Å². The number of halogens is 1. The quantitative estimate of drug-likeness (QED) is 0.546. The Balaban J connectivity index is 2.48. The zero-order valence-electron chi connectivity index (χ0n) is 19.5. The predicted molar refractivity (Wildman–Crippen MR) is 130 cm³/mol. The van der Waals surface area contributed by atoms with Crippen molar-refractivity contribution in [2.24, 2.45) is 0 Å². The minimum Gasteiger partial charge on any atom is -0.497 e. The molecule has 2 rings (SSSR count). The van der Waals surface area contributed by atoms with Gasteiger partial charge in [-0.1, -0.05) is 36.7 Å². The van der Waals surface area contributed by atoms with Crippen molar-refractivity contribution in [3.8, 4) is 5.75 Å². The number of carbonyl (C=O) groups excluding carboxylic acids is 2. The van der Waals surface area contributed by atoms with Gasteiger partial charge >= 0.3 is 0 Å². The van der Waals surface area contributed by atoms with E-state index in [0.717, 1.165) is 16.1 Å². The summed E-state index contributed by atoms with van der Waals surface area (Å²) in [6.07, 6.45) is 1.38. The van der Waals surface area contributed by atoms with Crippen molar-refractivity contribution in [2.45, 2.75) is 32.9 Å². The maximum Gasteiger partial charge on any atom is 0.244 e. The van der Waals surface area contributed by atoms with Crippen molar-refractivity contribution < 1.29 is 22.7 Å². The van der Waals surface area contributed by atoms with Gasteiger partial charge in [-0.3, -0.25) is 13.9 Å². The van der Waals surface area contributed by atoms with Gasteiger partial charge in [-0.2, -0.15) is 0 Å². The topological polar surface area (TPSA) is 96.0 Å². The summed E-state index contributed by atoms with van der Waals surface area (Å²) in [5.41, 5.74) is 1.60. The first-order valence-electron chi connectivity index (χ1n) is 10.4. The fourth-order valence-corrected chi connectivity index (χ4v) is 4.58. The Bertz CT molecular complexity index is 1110. The Hall–Kier alpha value is -2.78. The normalized spacial score (nSPS) is 12.1. The van der Waals surface area contributed by atoms with Crippen molar-refractivity contribution in [2.75, 3.05) is 31.3 Å². The standard InChI is InChI=1S/C23H30ClN3O5S/c1-6-20(23(29)25-3)26(14-17-9-7-10-18(13-17)32-4)22(28)15-27(33(5,30)31)21-12-8-11-19(24)16(21)2/h7-13,20H,6,14-15H2,1-5H3,(H,25,29). The zero-order chi connectivity index (χ0) is 24.8.